The molecule has 0 aromatic carbocycles. The van der Waals surface area contributed by atoms with Crippen LogP contribution < -0.4 is 5.32 Å². The molecule has 6 nitrogen and oxygen atoms in total. The largest absolute Gasteiger partial charge is 0.462 e. The predicted molar refractivity (Wildman–Crippen MR) is 264 cm³/mol. The van der Waals surface area contributed by atoms with E-state index in [2.05, 4.69) is 62.5 Å². The first-order chi connectivity index (χ1) is 30.0. The zero-order chi connectivity index (χ0) is 44.5. The molecule has 3 N–H and O–H groups in total. The minimum atomic E-state index is -0.789. The number of esters is 1. The maximum Gasteiger partial charge on any atom is 0.306 e. The Bertz CT molecular complexity index is 1010. The van der Waals surface area contributed by atoms with Gasteiger partial charge in [-0.25, -0.2) is 0 Å². The number of unbranched alkanes of at least 4 members (excludes halogenated alkanes) is 30. The second-order valence-electron chi connectivity index (χ2n) is 18.3. The van der Waals surface area contributed by atoms with Gasteiger partial charge in [-0.15, -0.1) is 0 Å². The number of hydrogen-bond acceptors (Lipinski definition) is 5. The van der Waals surface area contributed by atoms with Crippen molar-refractivity contribution in [1.29, 1.82) is 0 Å². The average molecular weight is 858 g/mol. The van der Waals surface area contributed by atoms with Crippen molar-refractivity contribution in [3.05, 3.63) is 36.5 Å². The van der Waals surface area contributed by atoms with Gasteiger partial charge >= 0.3 is 5.97 Å². The summed E-state index contributed by atoms with van der Waals surface area (Å²) >= 11 is 0. The fourth-order valence-electron chi connectivity index (χ4n) is 8.10. The van der Waals surface area contributed by atoms with Crippen LogP contribution in [0.25, 0.3) is 0 Å². The molecule has 0 aliphatic rings. The summed E-state index contributed by atoms with van der Waals surface area (Å²) in [5.41, 5.74) is 0. The molecule has 3 atom stereocenters. The highest BCUT2D eigenvalue weighted by Gasteiger charge is 2.24. The summed E-state index contributed by atoms with van der Waals surface area (Å²) in [5, 5.41) is 23.7. The third-order valence-electron chi connectivity index (χ3n) is 12.2. The summed E-state index contributed by atoms with van der Waals surface area (Å²) in [6.07, 6.45) is 57.7. The first kappa shape index (κ1) is 59.1. The summed E-state index contributed by atoms with van der Waals surface area (Å²) in [4.78, 5) is 26.2. The highest BCUT2D eigenvalue weighted by molar-refractivity contribution is 5.77. The Hall–Kier alpha value is -1.92. The van der Waals surface area contributed by atoms with Crippen molar-refractivity contribution in [2.75, 3.05) is 6.61 Å². The third kappa shape index (κ3) is 44.5. The number of rotatable bonds is 48. The Labute approximate surface area is 379 Å². The van der Waals surface area contributed by atoms with Gasteiger partial charge in [-0.05, 0) is 83.5 Å². The van der Waals surface area contributed by atoms with Crippen molar-refractivity contribution in [3.63, 3.8) is 0 Å². The van der Waals surface area contributed by atoms with Gasteiger partial charge < -0.3 is 20.3 Å². The molecular formula is C55H103NO5. The first-order valence-corrected chi connectivity index (χ1v) is 26.7. The van der Waals surface area contributed by atoms with E-state index in [0.717, 1.165) is 70.6 Å². The van der Waals surface area contributed by atoms with Gasteiger partial charge in [-0.1, -0.05) is 218 Å². The van der Waals surface area contributed by atoms with Gasteiger partial charge in [0.2, 0.25) is 5.91 Å². The van der Waals surface area contributed by atoms with Gasteiger partial charge in [-0.2, -0.15) is 0 Å². The molecule has 3 unspecified atom stereocenters. The number of aliphatic hydroxyl groups is 2. The fourth-order valence-corrected chi connectivity index (χ4v) is 8.10. The van der Waals surface area contributed by atoms with E-state index in [1.807, 2.05) is 0 Å². The van der Waals surface area contributed by atoms with Crippen molar-refractivity contribution in [3.8, 4) is 0 Å². The van der Waals surface area contributed by atoms with E-state index < -0.39 is 18.2 Å². The number of nitrogens with one attached hydrogen (secondary N) is 1. The van der Waals surface area contributed by atoms with Crippen LogP contribution >= 0.6 is 0 Å². The van der Waals surface area contributed by atoms with Crippen molar-refractivity contribution in [2.45, 2.75) is 296 Å². The highest BCUT2D eigenvalue weighted by Crippen LogP contribution is 2.18. The monoisotopic (exact) mass is 858 g/mol. The topological polar surface area (TPSA) is 95.9 Å². The Balaban J connectivity index is 4.57. The zero-order valence-electron chi connectivity index (χ0n) is 40.8. The minimum Gasteiger partial charge on any atom is -0.462 e. The molecule has 0 aliphatic heterocycles. The van der Waals surface area contributed by atoms with Crippen LogP contribution in [0.5, 0.6) is 0 Å². The number of allylic oxidation sites excluding steroid dienone is 6. The quantitative estimate of drug-likeness (QED) is 0.0322. The normalized spacial score (nSPS) is 13.5. The second-order valence-corrected chi connectivity index (χ2v) is 18.3. The molecule has 0 fully saturated rings. The number of carbonyl (C=O) groups excluding carboxylic acids is 2. The van der Waals surface area contributed by atoms with Gasteiger partial charge in [0.15, 0.2) is 0 Å². The van der Waals surface area contributed by atoms with Crippen molar-refractivity contribution in [1.82, 2.24) is 5.32 Å². The molecule has 0 bridgehead atoms. The Morgan fingerprint density at radius 3 is 1.30 bits per heavy atom. The van der Waals surface area contributed by atoms with Gasteiger partial charge in [0, 0.05) is 6.42 Å². The van der Waals surface area contributed by atoms with E-state index in [4.69, 9.17) is 4.74 Å². The molecule has 0 saturated heterocycles. The standard InChI is InChI=1S/C55H103NO5/c1-4-7-10-13-16-19-22-24-26-27-29-31-33-36-39-42-45-48-55(60)61-51(46-43-40-37-34-32-30-28-25-23-20-17-14-11-8-5-2)49-54(59)56-52(50-57)53(58)47-44-41-38-35-21-18-15-12-9-6-3/h17,20,24-26,28,51-53,57-58H,4-16,18-19,21-23,27,29-50H2,1-3H3,(H,56,59)/b20-17-,26-24+,28-25-. The van der Waals surface area contributed by atoms with Crippen molar-refractivity contribution >= 4 is 11.9 Å². The molecule has 6 heteroatoms. The maximum absolute atomic E-state index is 13.2. The number of ether oxygens (including phenoxy) is 1. The molecule has 358 valence electrons. The van der Waals surface area contributed by atoms with Crippen LogP contribution in [0.15, 0.2) is 36.5 Å². The van der Waals surface area contributed by atoms with Crippen molar-refractivity contribution < 1.29 is 24.5 Å². The summed E-state index contributed by atoms with van der Waals surface area (Å²) in [7, 11) is 0. The molecule has 0 aromatic rings. The molecule has 61 heavy (non-hydrogen) atoms. The molecule has 0 rings (SSSR count). The smallest absolute Gasteiger partial charge is 0.306 e. The molecule has 0 radical (unpaired) electrons. The molecule has 0 aliphatic carbocycles. The van der Waals surface area contributed by atoms with Gasteiger partial charge in [0.25, 0.3) is 0 Å². The van der Waals surface area contributed by atoms with E-state index in [9.17, 15) is 19.8 Å². The van der Waals surface area contributed by atoms with E-state index in [1.54, 1.807) is 0 Å². The summed E-state index contributed by atoms with van der Waals surface area (Å²) < 4.78 is 5.94. The first-order valence-electron chi connectivity index (χ1n) is 26.7. The Morgan fingerprint density at radius 2 is 0.836 bits per heavy atom. The lowest BCUT2D eigenvalue weighted by molar-refractivity contribution is -0.151. The molecule has 0 aromatic heterocycles. The summed E-state index contributed by atoms with van der Waals surface area (Å²) in [6.45, 7) is 6.45. The van der Waals surface area contributed by atoms with E-state index in [-0.39, 0.29) is 24.9 Å². The van der Waals surface area contributed by atoms with E-state index in [0.29, 0.717) is 19.3 Å². The third-order valence-corrected chi connectivity index (χ3v) is 12.2. The van der Waals surface area contributed by atoms with E-state index in [1.165, 1.54) is 161 Å². The Morgan fingerprint density at radius 1 is 0.475 bits per heavy atom. The molecule has 0 heterocycles. The van der Waals surface area contributed by atoms with Gasteiger partial charge in [-0.3, -0.25) is 9.59 Å². The van der Waals surface area contributed by atoms with Crippen LogP contribution in [0.2, 0.25) is 0 Å². The number of carbonyl (C=O) groups is 2. The highest BCUT2D eigenvalue weighted by atomic mass is 16.5. The molecule has 0 spiro atoms. The van der Waals surface area contributed by atoms with Gasteiger partial charge in [0.05, 0.1) is 25.2 Å². The average Bonchev–Trinajstić information content (AvgIpc) is 3.25. The Kier molecular flexibility index (Phi) is 47.6. The molecule has 0 saturated carbocycles. The number of aliphatic hydroxyl groups excluding tert-OH is 2. The zero-order valence-corrected chi connectivity index (χ0v) is 40.8. The van der Waals surface area contributed by atoms with E-state index >= 15 is 0 Å². The SMILES string of the molecule is CCCCC/C=C\C/C=C\CCCCCCCC(CC(=O)NC(CO)C(O)CCCCCCCCCCCC)OC(=O)CCCCCCCCC/C=C/CCCCCCCC. The minimum absolute atomic E-state index is 0.0687. The van der Waals surface area contributed by atoms with Crippen LogP contribution in [-0.4, -0.2) is 46.9 Å². The summed E-state index contributed by atoms with van der Waals surface area (Å²) in [5.74, 6) is -0.484. The van der Waals surface area contributed by atoms with Crippen LogP contribution in [-0.2, 0) is 14.3 Å². The number of hydrogen-bond donors (Lipinski definition) is 3. The lowest BCUT2D eigenvalue weighted by atomic mass is 10.0. The molecular weight excluding hydrogens is 755 g/mol. The van der Waals surface area contributed by atoms with Crippen LogP contribution in [0, 0.1) is 0 Å². The lowest BCUT2D eigenvalue weighted by Crippen LogP contribution is -2.46. The van der Waals surface area contributed by atoms with Crippen LogP contribution in [0.4, 0.5) is 0 Å². The van der Waals surface area contributed by atoms with Crippen LogP contribution in [0.3, 0.4) is 0 Å². The predicted octanol–water partition coefficient (Wildman–Crippen LogP) is 16.1. The summed E-state index contributed by atoms with van der Waals surface area (Å²) in [6, 6.07) is -0.704. The van der Waals surface area contributed by atoms with Crippen molar-refractivity contribution in [2.24, 2.45) is 0 Å². The fraction of sp³-hybridized carbons (Fsp3) is 0.855. The lowest BCUT2D eigenvalue weighted by Gasteiger charge is -2.24. The maximum atomic E-state index is 13.2. The van der Waals surface area contributed by atoms with Crippen LogP contribution in [0.1, 0.15) is 278 Å². The second kappa shape index (κ2) is 49.1. The van der Waals surface area contributed by atoms with Gasteiger partial charge in [0.1, 0.15) is 6.10 Å². The molecule has 1 amide bonds. The number of amides is 1.